The zero-order valence-electron chi connectivity index (χ0n) is 11.6. The molecule has 1 N–H and O–H groups in total. The van der Waals surface area contributed by atoms with Gasteiger partial charge < -0.3 is 9.88 Å². The molecule has 0 fully saturated rings. The summed E-state index contributed by atoms with van der Waals surface area (Å²) >= 11 is 0. The lowest BCUT2D eigenvalue weighted by Gasteiger charge is -2.10. The average molecular weight is 258 g/mol. The highest BCUT2D eigenvalue weighted by Crippen LogP contribution is 2.10. The van der Waals surface area contributed by atoms with Gasteiger partial charge in [0.1, 0.15) is 0 Å². The molecule has 0 unspecified atom stereocenters. The zero-order valence-corrected chi connectivity index (χ0v) is 11.6. The molecule has 3 nitrogen and oxygen atoms in total. The Balaban J connectivity index is 2.00. The van der Waals surface area contributed by atoms with Gasteiger partial charge in [0, 0.05) is 19.2 Å². The Kier molecular flexibility index (Phi) is 5.16. The molecule has 0 aliphatic heterocycles. The Morgan fingerprint density at radius 2 is 1.89 bits per heavy atom. The molecule has 2 aromatic rings. The van der Waals surface area contributed by atoms with Crippen molar-refractivity contribution in [2.45, 2.75) is 32.7 Å². The van der Waals surface area contributed by atoms with Crippen molar-refractivity contribution in [3.63, 3.8) is 0 Å². The average Bonchev–Trinajstić information content (AvgIpc) is 2.44. The van der Waals surface area contributed by atoms with Gasteiger partial charge in [-0.15, -0.1) is 0 Å². The summed E-state index contributed by atoms with van der Waals surface area (Å²) in [6, 6.07) is 11.6. The fourth-order valence-electron chi connectivity index (χ4n) is 2.29. The molecule has 0 aliphatic carbocycles. The molecule has 2 rings (SSSR count). The molecule has 1 aromatic heterocycles. The molecular weight excluding hydrogens is 236 g/mol. The summed E-state index contributed by atoms with van der Waals surface area (Å²) in [5, 5.41) is 4.52. The number of rotatable bonds is 7. The SMILES string of the molecule is CCCCCNCCn1c(=O)ccc2ccccc21. The number of para-hydroxylation sites is 1. The second-order valence-electron chi connectivity index (χ2n) is 4.84. The first-order valence-electron chi connectivity index (χ1n) is 7.12. The predicted octanol–water partition coefficient (Wildman–Crippen LogP) is 2.78. The maximum Gasteiger partial charge on any atom is 0.251 e. The van der Waals surface area contributed by atoms with Crippen LogP contribution in [0.25, 0.3) is 10.9 Å². The molecular formula is C16H22N2O. The molecule has 1 aromatic carbocycles. The van der Waals surface area contributed by atoms with Crippen molar-refractivity contribution in [2.75, 3.05) is 13.1 Å². The van der Waals surface area contributed by atoms with E-state index in [0.717, 1.165) is 30.5 Å². The topological polar surface area (TPSA) is 34.0 Å². The number of benzene rings is 1. The lowest BCUT2D eigenvalue weighted by atomic mass is 10.2. The zero-order chi connectivity index (χ0) is 13.5. The van der Waals surface area contributed by atoms with E-state index in [2.05, 4.69) is 12.2 Å². The van der Waals surface area contributed by atoms with Crippen LogP contribution in [0.1, 0.15) is 26.2 Å². The smallest absolute Gasteiger partial charge is 0.251 e. The van der Waals surface area contributed by atoms with Gasteiger partial charge in [0.15, 0.2) is 0 Å². The minimum absolute atomic E-state index is 0.0778. The summed E-state index contributed by atoms with van der Waals surface area (Å²) < 4.78 is 1.85. The molecule has 1 heterocycles. The number of aromatic nitrogens is 1. The largest absolute Gasteiger partial charge is 0.315 e. The van der Waals surface area contributed by atoms with Gasteiger partial charge >= 0.3 is 0 Å². The first-order valence-corrected chi connectivity index (χ1v) is 7.12. The van der Waals surface area contributed by atoms with Crippen LogP contribution in [-0.2, 0) is 6.54 Å². The molecule has 0 aliphatic rings. The number of pyridine rings is 1. The third kappa shape index (κ3) is 3.67. The van der Waals surface area contributed by atoms with E-state index in [1.807, 2.05) is 34.9 Å². The molecule has 0 spiro atoms. The van der Waals surface area contributed by atoms with Crippen LogP contribution in [-0.4, -0.2) is 17.7 Å². The Bertz CT molecular complexity index is 574. The van der Waals surface area contributed by atoms with Crippen molar-refractivity contribution in [3.8, 4) is 0 Å². The van der Waals surface area contributed by atoms with Crippen molar-refractivity contribution in [3.05, 3.63) is 46.8 Å². The number of unbranched alkanes of at least 4 members (excludes halogenated alkanes) is 2. The van der Waals surface area contributed by atoms with Gasteiger partial charge in [-0.1, -0.05) is 38.0 Å². The minimum Gasteiger partial charge on any atom is -0.315 e. The highest BCUT2D eigenvalue weighted by Gasteiger charge is 2.01. The van der Waals surface area contributed by atoms with Crippen LogP contribution in [0.2, 0.25) is 0 Å². The second kappa shape index (κ2) is 7.10. The quantitative estimate of drug-likeness (QED) is 0.775. The van der Waals surface area contributed by atoms with Crippen LogP contribution >= 0.6 is 0 Å². The predicted molar refractivity (Wildman–Crippen MR) is 80.6 cm³/mol. The Morgan fingerprint density at radius 1 is 1.05 bits per heavy atom. The summed E-state index contributed by atoms with van der Waals surface area (Å²) in [5.74, 6) is 0. The summed E-state index contributed by atoms with van der Waals surface area (Å²) in [4.78, 5) is 11.9. The first kappa shape index (κ1) is 13.8. The maximum absolute atomic E-state index is 11.9. The van der Waals surface area contributed by atoms with Gasteiger partial charge in [0.25, 0.3) is 5.56 Å². The molecule has 0 bridgehead atoms. The van der Waals surface area contributed by atoms with E-state index < -0.39 is 0 Å². The van der Waals surface area contributed by atoms with Gasteiger partial charge in [0.2, 0.25) is 0 Å². The van der Waals surface area contributed by atoms with Gasteiger partial charge in [-0.3, -0.25) is 4.79 Å². The number of nitrogens with zero attached hydrogens (tertiary/aromatic N) is 1. The molecule has 0 radical (unpaired) electrons. The van der Waals surface area contributed by atoms with E-state index in [0.29, 0.717) is 0 Å². The summed E-state index contributed by atoms with van der Waals surface area (Å²) in [6.07, 6.45) is 3.71. The normalized spacial score (nSPS) is 11.0. The van der Waals surface area contributed by atoms with Gasteiger partial charge in [-0.05, 0) is 30.5 Å². The van der Waals surface area contributed by atoms with Crippen molar-refractivity contribution >= 4 is 10.9 Å². The van der Waals surface area contributed by atoms with Crippen LogP contribution in [0.3, 0.4) is 0 Å². The van der Waals surface area contributed by atoms with Crippen molar-refractivity contribution < 1.29 is 0 Å². The van der Waals surface area contributed by atoms with Crippen molar-refractivity contribution in [1.29, 1.82) is 0 Å². The monoisotopic (exact) mass is 258 g/mol. The third-order valence-corrected chi connectivity index (χ3v) is 3.37. The van der Waals surface area contributed by atoms with Gasteiger partial charge in [-0.25, -0.2) is 0 Å². The minimum atomic E-state index is 0.0778. The molecule has 0 saturated heterocycles. The molecule has 19 heavy (non-hydrogen) atoms. The standard InChI is InChI=1S/C16H22N2O/c1-2-3-6-11-17-12-13-18-15-8-5-4-7-14(15)9-10-16(18)19/h4-5,7-10,17H,2-3,6,11-13H2,1H3. The lowest BCUT2D eigenvalue weighted by molar-refractivity contribution is 0.569. The highest BCUT2D eigenvalue weighted by molar-refractivity contribution is 5.78. The molecule has 0 saturated carbocycles. The molecule has 102 valence electrons. The van der Waals surface area contributed by atoms with Crippen molar-refractivity contribution in [1.82, 2.24) is 9.88 Å². The maximum atomic E-state index is 11.9. The number of hydrogen-bond acceptors (Lipinski definition) is 2. The lowest BCUT2D eigenvalue weighted by Crippen LogP contribution is -2.27. The second-order valence-corrected chi connectivity index (χ2v) is 4.84. The van der Waals surface area contributed by atoms with Gasteiger partial charge in [-0.2, -0.15) is 0 Å². The van der Waals surface area contributed by atoms with Gasteiger partial charge in [0.05, 0.1) is 5.52 Å². The Hall–Kier alpha value is -1.61. The first-order chi connectivity index (χ1) is 9.33. The van der Waals surface area contributed by atoms with Crippen LogP contribution in [0.15, 0.2) is 41.2 Å². The fraction of sp³-hybridized carbons (Fsp3) is 0.438. The van der Waals surface area contributed by atoms with Crippen LogP contribution in [0, 0.1) is 0 Å². The van der Waals surface area contributed by atoms with E-state index in [9.17, 15) is 4.79 Å². The van der Waals surface area contributed by atoms with E-state index in [-0.39, 0.29) is 5.56 Å². The number of nitrogens with one attached hydrogen (secondary N) is 1. The van der Waals surface area contributed by atoms with E-state index in [1.165, 1.54) is 19.3 Å². The van der Waals surface area contributed by atoms with Crippen LogP contribution < -0.4 is 10.9 Å². The number of hydrogen-bond donors (Lipinski definition) is 1. The van der Waals surface area contributed by atoms with E-state index in [4.69, 9.17) is 0 Å². The molecule has 0 atom stereocenters. The van der Waals surface area contributed by atoms with Crippen molar-refractivity contribution in [2.24, 2.45) is 0 Å². The van der Waals surface area contributed by atoms with Crippen LogP contribution in [0.5, 0.6) is 0 Å². The Labute approximate surface area is 114 Å². The summed E-state index contributed by atoms with van der Waals surface area (Å²) in [5.41, 5.74) is 1.10. The van der Waals surface area contributed by atoms with E-state index >= 15 is 0 Å². The van der Waals surface area contributed by atoms with Crippen LogP contribution in [0.4, 0.5) is 0 Å². The third-order valence-electron chi connectivity index (χ3n) is 3.37. The Morgan fingerprint density at radius 3 is 2.74 bits per heavy atom. The summed E-state index contributed by atoms with van der Waals surface area (Å²) in [6.45, 7) is 4.81. The van der Waals surface area contributed by atoms with E-state index in [1.54, 1.807) is 6.07 Å². The summed E-state index contributed by atoms with van der Waals surface area (Å²) in [7, 11) is 0. The molecule has 3 heteroatoms. The highest BCUT2D eigenvalue weighted by atomic mass is 16.1. The fourth-order valence-corrected chi connectivity index (χ4v) is 2.29. The number of fused-ring (bicyclic) bond motifs is 1. The molecule has 0 amide bonds.